The van der Waals surface area contributed by atoms with Gasteiger partial charge in [0.2, 0.25) is 0 Å². The van der Waals surface area contributed by atoms with E-state index >= 15 is 0 Å². The van der Waals surface area contributed by atoms with Crippen LogP contribution in [0.5, 0.6) is 0 Å². The van der Waals surface area contributed by atoms with Crippen LogP contribution in [0.3, 0.4) is 0 Å². The summed E-state index contributed by atoms with van der Waals surface area (Å²) in [6.45, 7) is 4.76. The minimum atomic E-state index is 0.884. The molecule has 0 N–H and O–H groups in total. The lowest BCUT2D eigenvalue weighted by atomic mass is 10.1. The maximum Gasteiger partial charge on any atom is 0.0700 e. The molecule has 0 atom stereocenters. The van der Waals surface area contributed by atoms with Crippen molar-refractivity contribution in [2.75, 3.05) is 0 Å². The van der Waals surface area contributed by atoms with E-state index in [0.717, 1.165) is 11.8 Å². The second kappa shape index (κ2) is 4.57. The van der Waals surface area contributed by atoms with Crippen LogP contribution in [0.4, 0.5) is 0 Å². The average Bonchev–Trinajstić information content (AvgIpc) is 2.94. The highest BCUT2D eigenvalue weighted by Crippen LogP contribution is 2.65. The van der Waals surface area contributed by atoms with Crippen LogP contribution in [0.1, 0.15) is 39.5 Å². The first kappa shape index (κ1) is 12.4. The molecule has 0 aromatic heterocycles. The molecule has 0 saturated heterocycles. The van der Waals surface area contributed by atoms with Gasteiger partial charge in [0.15, 0.2) is 0 Å². The third-order valence-corrected chi connectivity index (χ3v) is 9.76. The molecule has 18 heavy (non-hydrogen) atoms. The van der Waals surface area contributed by atoms with E-state index in [1.54, 1.807) is 28.1 Å². The molecule has 0 nitrogen and oxygen atoms in total. The van der Waals surface area contributed by atoms with Gasteiger partial charge in [-0.05, 0) is 37.5 Å². The van der Waals surface area contributed by atoms with Crippen LogP contribution in [-0.4, -0.2) is 0 Å². The van der Waals surface area contributed by atoms with E-state index in [-0.39, 0.29) is 0 Å². The molecule has 0 unspecified atom stereocenters. The Labute approximate surface area is 126 Å². The van der Waals surface area contributed by atoms with Crippen molar-refractivity contribution in [3.8, 4) is 0 Å². The van der Waals surface area contributed by atoms with Crippen molar-refractivity contribution in [1.29, 1.82) is 0 Å². The van der Waals surface area contributed by atoms with E-state index in [4.69, 9.17) is 0 Å². The SMILES string of the molecule is CC1CC2=C(C1)SC(=C1SC3=C(CC(C)C3)S1)S2. The maximum absolute atomic E-state index is 2.38. The fourth-order valence-corrected chi connectivity index (χ4v) is 9.44. The van der Waals surface area contributed by atoms with Crippen LogP contribution < -0.4 is 0 Å². The molecule has 0 spiro atoms. The quantitative estimate of drug-likeness (QED) is 0.510. The average molecular weight is 313 g/mol. The van der Waals surface area contributed by atoms with Crippen molar-refractivity contribution in [2.24, 2.45) is 11.8 Å². The van der Waals surface area contributed by atoms with Crippen LogP contribution in [0.15, 0.2) is 28.1 Å². The van der Waals surface area contributed by atoms with Crippen molar-refractivity contribution in [3.63, 3.8) is 0 Å². The van der Waals surface area contributed by atoms with E-state index in [2.05, 4.69) is 60.9 Å². The van der Waals surface area contributed by atoms with Crippen LogP contribution >= 0.6 is 47.0 Å². The van der Waals surface area contributed by atoms with Crippen molar-refractivity contribution in [3.05, 3.63) is 28.1 Å². The first-order chi connectivity index (χ1) is 8.69. The minimum absolute atomic E-state index is 0.884. The Morgan fingerprint density at radius 1 is 0.611 bits per heavy atom. The Hall–Kier alpha value is 0.620. The predicted octanol–water partition coefficient (Wildman–Crippen LogP) is 6.36. The summed E-state index contributed by atoms with van der Waals surface area (Å²) >= 11 is 8.30. The van der Waals surface area contributed by atoms with Gasteiger partial charge in [0.1, 0.15) is 0 Å². The van der Waals surface area contributed by atoms with Gasteiger partial charge in [0.25, 0.3) is 0 Å². The fraction of sp³-hybridized carbons (Fsp3) is 0.571. The molecule has 2 heterocycles. The summed E-state index contributed by atoms with van der Waals surface area (Å²) in [5, 5.41) is 0. The molecule has 2 aliphatic carbocycles. The van der Waals surface area contributed by atoms with Crippen LogP contribution in [0.2, 0.25) is 0 Å². The molecule has 0 aromatic carbocycles. The van der Waals surface area contributed by atoms with E-state index < -0.39 is 0 Å². The van der Waals surface area contributed by atoms with Crippen molar-refractivity contribution >= 4 is 47.0 Å². The summed E-state index contributed by atoms with van der Waals surface area (Å²) in [5.41, 5.74) is 0. The van der Waals surface area contributed by atoms with Crippen LogP contribution in [-0.2, 0) is 0 Å². The van der Waals surface area contributed by atoms with Crippen molar-refractivity contribution < 1.29 is 0 Å². The zero-order chi connectivity index (χ0) is 12.3. The highest BCUT2D eigenvalue weighted by molar-refractivity contribution is 8.34. The second-order valence-electron chi connectivity index (χ2n) is 5.70. The summed E-state index contributed by atoms with van der Waals surface area (Å²) in [5.74, 6) is 1.77. The molecule has 2 aliphatic heterocycles. The van der Waals surface area contributed by atoms with E-state index in [1.165, 1.54) is 25.7 Å². The summed E-state index contributed by atoms with van der Waals surface area (Å²) in [7, 11) is 0. The summed E-state index contributed by atoms with van der Waals surface area (Å²) in [6.07, 6.45) is 5.29. The molecule has 0 bridgehead atoms. The molecule has 4 rings (SSSR count). The number of rotatable bonds is 0. The molecule has 0 saturated carbocycles. The summed E-state index contributed by atoms with van der Waals surface area (Å²) in [4.78, 5) is 6.71. The Morgan fingerprint density at radius 3 is 1.17 bits per heavy atom. The molecule has 0 fully saturated rings. The molecular weight excluding hydrogens is 296 g/mol. The molecule has 0 amide bonds. The zero-order valence-electron chi connectivity index (χ0n) is 10.6. The minimum Gasteiger partial charge on any atom is -0.0846 e. The Bertz CT molecular complexity index is 426. The molecular formula is C14H16S4. The Balaban J connectivity index is 1.50. The number of allylic oxidation sites excluding steroid dienone is 4. The van der Waals surface area contributed by atoms with Crippen molar-refractivity contribution in [2.45, 2.75) is 39.5 Å². The maximum atomic E-state index is 2.38. The molecule has 0 radical (unpaired) electrons. The lowest BCUT2D eigenvalue weighted by Gasteiger charge is -2.10. The number of hydrogen-bond acceptors (Lipinski definition) is 4. The van der Waals surface area contributed by atoms with Gasteiger partial charge in [-0.2, -0.15) is 0 Å². The van der Waals surface area contributed by atoms with E-state index in [0.29, 0.717) is 0 Å². The Morgan fingerprint density at radius 2 is 0.889 bits per heavy atom. The molecule has 4 aliphatic rings. The van der Waals surface area contributed by atoms with Gasteiger partial charge in [-0.1, -0.05) is 60.9 Å². The van der Waals surface area contributed by atoms with Gasteiger partial charge < -0.3 is 0 Å². The second-order valence-corrected chi connectivity index (χ2v) is 10.6. The van der Waals surface area contributed by atoms with Gasteiger partial charge in [-0.25, -0.2) is 0 Å². The first-order valence-electron chi connectivity index (χ1n) is 6.58. The summed E-state index contributed by atoms with van der Waals surface area (Å²) < 4.78 is 3.17. The normalized spacial score (nSPS) is 29.0. The van der Waals surface area contributed by atoms with Crippen LogP contribution in [0.25, 0.3) is 0 Å². The van der Waals surface area contributed by atoms with Gasteiger partial charge in [-0.3, -0.25) is 0 Å². The predicted molar refractivity (Wildman–Crippen MR) is 88.2 cm³/mol. The lowest BCUT2D eigenvalue weighted by molar-refractivity contribution is 0.633. The number of hydrogen-bond donors (Lipinski definition) is 0. The van der Waals surface area contributed by atoms with Gasteiger partial charge in [-0.15, -0.1) is 0 Å². The Kier molecular flexibility index (Phi) is 3.14. The van der Waals surface area contributed by atoms with Gasteiger partial charge >= 0.3 is 0 Å². The third kappa shape index (κ3) is 2.04. The van der Waals surface area contributed by atoms with Crippen LogP contribution in [0, 0.1) is 11.8 Å². The standard InChI is InChI=1S/C14H16S4/c1-7-3-9-10(4-7)16-13(15-9)14-17-11-5-8(2)6-12(11)18-14/h7-8H,3-6H2,1-2H3. The molecule has 4 heteroatoms. The highest BCUT2D eigenvalue weighted by atomic mass is 32.2. The lowest BCUT2D eigenvalue weighted by Crippen LogP contribution is -1.87. The zero-order valence-corrected chi connectivity index (χ0v) is 13.9. The third-order valence-electron chi connectivity index (χ3n) is 3.79. The van der Waals surface area contributed by atoms with E-state index in [1.807, 2.05) is 0 Å². The summed E-state index contributed by atoms with van der Waals surface area (Å²) in [6, 6.07) is 0. The monoisotopic (exact) mass is 312 g/mol. The molecule has 0 aromatic rings. The van der Waals surface area contributed by atoms with Gasteiger partial charge in [0.05, 0.1) is 8.47 Å². The number of thioether (sulfide) groups is 4. The highest BCUT2D eigenvalue weighted by Gasteiger charge is 2.35. The molecule has 96 valence electrons. The first-order valence-corrected chi connectivity index (χ1v) is 9.85. The van der Waals surface area contributed by atoms with E-state index in [9.17, 15) is 0 Å². The largest absolute Gasteiger partial charge is 0.0846 e. The van der Waals surface area contributed by atoms with Gasteiger partial charge in [0, 0.05) is 19.6 Å². The topological polar surface area (TPSA) is 0 Å². The fourth-order valence-electron chi connectivity index (χ4n) is 2.92. The van der Waals surface area contributed by atoms with Crippen molar-refractivity contribution in [1.82, 2.24) is 0 Å². The smallest absolute Gasteiger partial charge is 0.0700 e.